The number of carbonyl (C=O) groups is 1. The largest absolute Gasteiger partial charge is 0.298 e. The van der Waals surface area contributed by atoms with Gasteiger partial charge in [-0.25, -0.2) is 0 Å². The molecule has 1 aromatic heterocycles. The van der Waals surface area contributed by atoms with Crippen molar-refractivity contribution < 1.29 is 4.79 Å². The summed E-state index contributed by atoms with van der Waals surface area (Å²) in [5.41, 5.74) is 2.75. The Balaban J connectivity index is 2.03. The highest BCUT2D eigenvalue weighted by Crippen LogP contribution is 2.32. The van der Waals surface area contributed by atoms with Crippen LogP contribution < -0.4 is 0 Å². The Kier molecular flexibility index (Phi) is 3.95. The highest BCUT2D eigenvalue weighted by Gasteiger charge is 2.20. The summed E-state index contributed by atoms with van der Waals surface area (Å²) in [7, 11) is 0. The van der Waals surface area contributed by atoms with Crippen LogP contribution in [0.2, 0.25) is 0 Å². The summed E-state index contributed by atoms with van der Waals surface area (Å²) < 4.78 is 2.09. The maximum atomic E-state index is 11.3. The lowest BCUT2D eigenvalue weighted by Gasteiger charge is -2.18. The first-order valence-corrected chi connectivity index (χ1v) is 7.48. The minimum Gasteiger partial charge on any atom is -0.298 e. The molecule has 2 aromatic rings. The van der Waals surface area contributed by atoms with E-state index in [0.29, 0.717) is 11.6 Å². The molecule has 1 aromatic carbocycles. The fourth-order valence-corrected chi connectivity index (χ4v) is 3.14. The van der Waals surface area contributed by atoms with Gasteiger partial charge in [0.05, 0.1) is 23.5 Å². The zero-order chi connectivity index (χ0) is 13.8. The highest BCUT2D eigenvalue weighted by atomic mass is 16.1. The summed E-state index contributed by atoms with van der Waals surface area (Å²) in [6, 6.07) is 10.6. The molecule has 1 aliphatic carbocycles. The number of aromatic nitrogens is 2. The average molecular weight is 268 g/mol. The normalized spacial score (nSPS) is 16.8. The molecule has 0 atom stereocenters. The Morgan fingerprint density at radius 1 is 1.05 bits per heavy atom. The van der Waals surface area contributed by atoms with Crippen molar-refractivity contribution in [2.24, 2.45) is 0 Å². The number of rotatable bonds is 3. The minimum absolute atomic E-state index is 0.432. The zero-order valence-corrected chi connectivity index (χ0v) is 11.7. The smallest absolute Gasteiger partial charge is 0.153 e. The first-order chi connectivity index (χ1) is 9.90. The lowest BCUT2D eigenvalue weighted by Crippen LogP contribution is -2.11. The Morgan fingerprint density at radius 3 is 2.40 bits per heavy atom. The number of nitrogens with zero attached hydrogens (tertiary/aromatic N) is 2. The molecule has 0 radical (unpaired) electrons. The molecule has 1 aliphatic rings. The van der Waals surface area contributed by atoms with Gasteiger partial charge in [0, 0.05) is 5.56 Å². The average Bonchev–Trinajstić information content (AvgIpc) is 2.74. The van der Waals surface area contributed by atoms with Crippen LogP contribution in [-0.4, -0.2) is 16.1 Å². The van der Waals surface area contributed by atoms with Gasteiger partial charge in [-0.05, 0) is 12.8 Å². The van der Waals surface area contributed by atoms with Crippen molar-refractivity contribution >= 4 is 6.29 Å². The van der Waals surface area contributed by atoms with Crippen LogP contribution in [0.25, 0.3) is 11.3 Å². The molecule has 0 N–H and O–H groups in total. The molecule has 3 nitrogen and oxygen atoms in total. The van der Waals surface area contributed by atoms with Crippen molar-refractivity contribution in [1.82, 2.24) is 9.78 Å². The van der Waals surface area contributed by atoms with Crippen LogP contribution in [0.1, 0.15) is 54.9 Å². The van der Waals surface area contributed by atoms with Crippen LogP contribution in [0.5, 0.6) is 0 Å². The van der Waals surface area contributed by atoms with E-state index in [1.807, 2.05) is 18.2 Å². The van der Waals surface area contributed by atoms with Crippen molar-refractivity contribution in [2.45, 2.75) is 44.6 Å². The zero-order valence-electron chi connectivity index (χ0n) is 11.7. The summed E-state index contributed by atoms with van der Waals surface area (Å²) in [5, 5.41) is 4.51. The molecule has 0 spiro atoms. The topological polar surface area (TPSA) is 34.9 Å². The summed E-state index contributed by atoms with van der Waals surface area (Å²) >= 11 is 0. The fourth-order valence-electron chi connectivity index (χ4n) is 3.14. The SMILES string of the molecule is O=Cc1cnn(C2CCCCCC2)c1-c1ccccc1. The quantitative estimate of drug-likeness (QED) is 0.616. The van der Waals surface area contributed by atoms with E-state index in [2.05, 4.69) is 21.9 Å². The highest BCUT2D eigenvalue weighted by molar-refractivity contribution is 5.85. The Bertz CT molecular complexity index is 566. The molecule has 0 amide bonds. The van der Waals surface area contributed by atoms with Gasteiger partial charge < -0.3 is 0 Å². The summed E-state index contributed by atoms with van der Waals surface area (Å²) in [6.45, 7) is 0. The number of aldehydes is 1. The summed E-state index contributed by atoms with van der Waals surface area (Å²) in [6.07, 6.45) is 10.1. The van der Waals surface area contributed by atoms with Crippen molar-refractivity contribution in [3.05, 3.63) is 42.1 Å². The van der Waals surface area contributed by atoms with Gasteiger partial charge in [0.25, 0.3) is 0 Å². The summed E-state index contributed by atoms with van der Waals surface area (Å²) in [5.74, 6) is 0. The third-order valence-electron chi connectivity index (χ3n) is 4.17. The van der Waals surface area contributed by atoms with Gasteiger partial charge in [-0.1, -0.05) is 56.0 Å². The van der Waals surface area contributed by atoms with Crippen LogP contribution in [0.3, 0.4) is 0 Å². The third kappa shape index (κ3) is 2.53. The van der Waals surface area contributed by atoms with E-state index in [1.54, 1.807) is 6.20 Å². The van der Waals surface area contributed by atoms with Gasteiger partial charge in [0.15, 0.2) is 6.29 Å². The molecule has 3 rings (SSSR count). The fraction of sp³-hybridized carbons (Fsp3) is 0.412. The van der Waals surface area contributed by atoms with E-state index < -0.39 is 0 Å². The monoisotopic (exact) mass is 268 g/mol. The van der Waals surface area contributed by atoms with Gasteiger partial charge in [-0.3, -0.25) is 9.48 Å². The second-order valence-electron chi connectivity index (χ2n) is 5.52. The Labute approximate surface area is 119 Å². The predicted octanol–water partition coefficient (Wildman–Crippen LogP) is 4.26. The van der Waals surface area contributed by atoms with Gasteiger partial charge in [0.1, 0.15) is 0 Å². The second-order valence-corrected chi connectivity index (χ2v) is 5.52. The standard InChI is InChI=1S/C17H20N2O/c20-13-15-12-18-19(16-10-6-1-2-7-11-16)17(15)14-8-4-3-5-9-14/h3-5,8-9,12-13,16H,1-2,6-7,10-11H2. The molecule has 20 heavy (non-hydrogen) atoms. The van der Waals surface area contributed by atoms with Crippen LogP contribution in [0, 0.1) is 0 Å². The number of carbonyl (C=O) groups excluding carboxylic acids is 1. The van der Waals surface area contributed by atoms with Crippen molar-refractivity contribution in [3.63, 3.8) is 0 Å². The second kappa shape index (κ2) is 6.04. The Morgan fingerprint density at radius 2 is 1.75 bits per heavy atom. The summed E-state index contributed by atoms with van der Waals surface area (Å²) in [4.78, 5) is 11.3. The third-order valence-corrected chi connectivity index (χ3v) is 4.17. The Hall–Kier alpha value is -1.90. The molecular weight excluding hydrogens is 248 g/mol. The molecular formula is C17H20N2O. The van der Waals surface area contributed by atoms with Crippen molar-refractivity contribution in [3.8, 4) is 11.3 Å². The van der Waals surface area contributed by atoms with Crippen LogP contribution in [0.15, 0.2) is 36.5 Å². The number of hydrogen-bond acceptors (Lipinski definition) is 2. The number of benzene rings is 1. The molecule has 1 heterocycles. The van der Waals surface area contributed by atoms with E-state index in [0.717, 1.165) is 17.5 Å². The van der Waals surface area contributed by atoms with Crippen molar-refractivity contribution in [2.75, 3.05) is 0 Å². The number of hydrogen-bond donors (Lipinski definition) is 0. The van der Waals surface area contributed by atoms with Crippen LogP contribution >= 0.6 is 0 Å². The molecule has 0 saturated heterocycles. The van der Waals surface area contributed by atoms with Crippen molar-refractivity contribution in [1.29, 1.82) is 0 Å². The first-order valence-electron chi connectivity index (χ1n) is 7.48. The van der Waals surface area contributed by atoms with E-state index in [9.17, 15) is 4.79 Å². The van der Waals surface area contributed by atoms with E-state index in [1.165, 1.54) is 38.5 Å². The molecule has 0 unspecified atom stereocenters. The van der Waals surface area contributed by atoms with E-state index in [4.69, 9.17) is 0 Å². The van der Waals surface area contributed by atoms with Gasteiger partial charge in [-0.15, -0.1) is 0 Å². The maximum Gasteiger partial charge on any atom is 0.153 e. The molecule has 3 heteroatoms. The first kappa shape index (κ1) is 13.1. The molecule has 1 fully saturated rings. The van der Waals surface area contributed by atoms with E-state index >= 15 is 0 Å². The van der Waals surface area contributed by atoms with Gasteiger partial charge in [-0.2, -0.15) is 5.10 Å². The van der Waals surface area contributed by atoms with Crippen LogP contribution in [0.4, 0.5) is 0 Å². The maximum absolute atomic E-state index is 11.3. The molecule has 1 saturated carbocycles. The molecule has 0 aliphatic heterocycles. The van der Waals surface area contributed by atoms with Crippen LogP contribution in [-0.2, 0) is 0 Å². The molecule has 0 bridgehead atoms. The van der Waals surface area contributed by atoms with Gasteiger partial charge >= 0.3 is 0 Å². The van der Waals surface area contributed by atoms with Gasteiger partial charge in [0.2, 0.25) is 0 Å². The van der Waals surface area contributed by atoms with E-state index in [-0.39, 0.29) is 0 Å². The minimum atomic E-state index is 0.432. The predicted molar refractivity (Wildman–Crippen MR) is 79.8 cm³/mol. The molecule has 104 valence electrons. The lowest BCUT2D eigenvalue weighted by molar-refractivity contribution is 0.112. The lowest BCUT2D eigenvalue weighted by atomic mass is 10.1.